The van der Waals surface area contributed by atoms with Gasteiger partial charge in [0.05, 0.1) is 17.1 Å². The number of halogens is 2. The lowest BCUT2D eigenvalue weighted by molar-refractivity contribution is -0.139. The second kappa shape index (κ2) is 9.67. The summed E-state index contributed by atoms with van der Waals surface area (Å²) in [7, 11) is -3.88. The highest BCUT2D eigenvalue weighted by Crippen LogP contribution is 2.32. The van der Waals surface area contributed by atoms with E-state index in [-0.39, 0.29) is 62.0 Å². The Labute approximate surface area is 203 Å². The first-order chi connectivity index (χ1) is 15.1. The van der Waals surface area contributed by atoms with Crippen LogP contribution in [0.4, 0.5) is 0 Å². The van der Waals surface area contributed by atoms with Gasteiger partial charge < -0.3 is 25.4 Å². The molecule has 2 fully saturated rings. The molecule has 182 valence electrons. The van der Waals surface area contributed by atoms with Crippen LogP contribution in [0.2, 0.25) is 5.02 Å². The van der Waals surface area contributed by atoms with Gasteiger partial charge in [-0.1, -0.05) is 11.6 Å². The van der Waals surface area contributed by atoms with Crippen LogP contribution in [-0.4, -0.2) is 91.0 Å². The fraction of sp³-hybridized carbons (Fsp3) is 0.500. The number of piperazine rings is 1. The van der Waals surface area contributed by atoms with Crippen molar-refractivity contribution in [2.45, 2.75) is 18.4 Å². The van der Waals surface area contributed by atoms with Crippen molar-refractivity contribution in [2.75, 3.05) is 45.9 Å². The molecule has 1 aromatic rings. The minimum Gasteiger partial charge on any atom is -0.487 e. The highest BCUT2D eigenvalue weighted by molar-refractivity contribution is 7.93. The van der Waals surface area contributed by atoms with Gasteiger partial charge in [-0.05, 0) is 37.1 Å². The Bertz CT molecular complexity index is 1070. The summed E-state index contributed by atoms with van der Waals surface area (Å²) in [5, 5.41) is 18.9. The van der Waals surface area contributed by atoms with Gasteiger partial charge in [0.2, 0.25) is 15.9 Å². The molecule has 10 nitrogen and oxygen atoms in total. The number of carbonyl (C=O) groups excluding carboxylic acids is 1. The van der Waals surface area contributed by atoms with Crippen LogP contribution in [0.1, 0.15) is 18.4 Å². The number of guanidine groups is 1. The molecular weight excluding hydrogens is 493 g/mol. The predicted molar refractivity (Wildman–Crippen MR) is 127 cm³/mol. The van der Waals surface area contributed by atoms with Gasteiger partial charge >= 0.3 is 0 Å². The van der Waals surface area contributed by atoms with Gasteiger partial charge in [0.25, 0.3) is 0 Å². The Balaban J connectivity index is 0.00000306. The van der Waals surface area contributed by atoms with E-state index >= 15 is 0 Å². The molecule has 0 saturated carbocycles. The van der Waals surface area contributed by atoms with Crippen LogP contribution in [-0.2, 0) is 14.8 Å². The second-order valence-corrected chi connectivity index (χ2v) is 10.8. The van der Waals surface area contributed by atoms with Crippen LogP contribution in [0.3, 0.4) is 0 Å². The Kier molecular flexibility index (Phi) is 7.49. The van der Waals surface area contributed by atoms with E-state index in [1.165, 1.54) is 4.90 Å². The number of fused-ring (bicyclic) bond motifs is 1. The molecule has 2 saturated heterocycles. The van der Waals surface area contributed by atoms with Gasteiger partial charge in [-0.2, -0.15) is 4.31 Å². The van der Waals surface area contributed by atoms with Crippen molar-refractivity contribution in [1.82, 2.24) is 14.1 Å². The van der Waals surface area contributed by atoms with Crippen LogP contribution in [0, 0.1) is 5.41 Å². The number of piperidine rings is 1. The third-order valence-corrected chi connectivity index (χ3v) is 8.26. The predicted octanol–water partition coefficient (Wildman–Crippen LogP) is 0.689. The van der Waals surface area contributed by atoms with Crippen molar-refractivity contribution in [1.29, 1.82) is 5.41 Å². The average molecular weight is 520 g/mol. The molecule has 0 unspecified atom stereocenters. The van der Waals surface area contributed by atoms with Gasteiger partial charge in [0, 0.05) is 43.3 Å². The average Bonchev–Trinajstić information content (AvgIpc) is 2.74. The lowest BCUT2D eigenvalue weighted by Crippen LogP contribution is -2.58. The molecule has 3 heterocycles. The van der Waals surface area contributed by atoms with Gasteiger partial charge in [-0.15, -0.1) is 12.4 Å². The Hall–Kier alpha value is -2.05. The molecule has 0 radical (unpaired) electrons. The number of ether oxygens (including phenoxy) is 1. The van der Waals surface area contributed by atoms with Gasteiger partial charge in [0.15, 0.2) is 5.96 Å². The van der Waals surface area contributed by atoms with E-state index in [1.54, 1.807) is 29.2 Å². The third kappa shape index (κ3) is 5.38. The number of sulfonamides is 1. The number of β-amino-alcohol motifs (C(OH)–C–C–N with tert-alkyl or cyclic N) is 1. The van der Waals surface area contributed by atoms with E-state index < -0.39 is 15.6 Å². The molecular formula is C20H27Cl2N5O5S. The molecule has 1 aromatic carbocycles. The number of aliphatic hydroxyl groups is 1. The number of amides is 1. The van der Waals surface area contributed by atoms with E-state index in [2.05, 4.69) is 0 Å². The van der Waals surface area contributed by atoms with E-state index in [9.17, 15) is 18.3 Å². The van der Waals surface area contributed by atoms with E-state index in [1.807, 2.05) is 0 Å². The Morgan fingerprint density at radius 3 is 2.58 bits per heavy atom. The Morgan fingerprint density at radius 2 is 1.94 bits per heavy atom. The molecule has 3 aliphatic rings. The summed E-state index contributed by atoms with van der Waals surface area (Å²) in [6, 6.07) is 4.97. The number of rotatable bonds is 4. The summed E-state index contributed by atoms with van der Waals surface area (Å²) in [5.74, 6) is 0.127. The zero-order valence-electron chi connectivity index (χ0n) is 17.9. The van der Waals surface area contributed by atoms with E-state index in [0.29, 0.717) is 42.3 Å². The van der Waals surface area contributed by atoms with Crippen LogP contribution in [0.5, 0.6) is 5.75 Å². The minimum absolute atomic E-state index is 0. The first-order valence-electron chi connectivity index (χ1n) is 10.3. The molecule has 0 bridgehead atoms. The SMILES string of the molecule is Cl.N=C(N)N1CCC(O)(CN2CCN(S(=O)(=O)C3=Cc4ccc(Cl)cc4OC3)CC2=O)CC1. The summed E-state index contributed by atoms with van der Waals surface area (Å²) < 4.78 is 33.0. The van der Waals surface area contributed by atoms with Crippen molar-refractivity contribution < 1.29 is 23.1 Å². The lowest BCUT2D eigenvalue weighted by atomic mass is 9.90. The normalized spacial score (nSPS) is 20.9. The monoisotopic (exact) mass is 519 g/mol. The minimum atomic E-state index is -3.88. The highest BCUT2D eigenvalue weighted by atomic mass is 35.5. The molecule has 1 amide bonds. The molecule has 13 heteroatoms. The van der Waals surface area contributed by atoms with Crippen molar-refractivity contribution in [2.24, 2.45) is 5.73 Å². The molecule has 0 aromatic heterocycles. The van der Waals surface area contributed by atoms with Crippen molar-refractivity contribution in [3.8, 4) is 5.75 Å². The van der Waals surface area contributed by atoms with Crippen LogP contribution >= 0.6 is 24.0 Å². The number of nitrogens with zero attached hydrogens (tertiary/aromatic N) is 3. The zero-order valence-corrected chi connectivity index (χ0v) is 20.3. The lowest BCUT2D eigenvalue weighted by Gasteiger charge is -2.43. The third-order valence-electron chi connectivity index (χ3n) is 6.14. The molecule has 0 aliphatic carbocycles. The molecule has 4 rings (SSSR count). The first-order valence-corrected chi connectivity index (χ1v) is 12.1. The number of nitrogens with one attached hydrogen (secondary N) is 1. The summed E-state index contributed by atoms with van der Waals surface area (Å²) in [6.07, 6.45) is 2.31. The summed E-state index contributed by atoms with van der Waals surface area (Å²) in [5.41, 5.74) is 5.03. The zero-order chi connectivity index (χ0) is 23.1. The number of carbonyl (C=O) groups is 1. The van der Waals surface area contributed by atoms with Crippen LogP contribution in [0.25, 0.3) is 6.08 Å². The number of benzene rings is 1. The molecule has 4 N–H and O–H groups in total. The van der Waals surface area contributed by atoms with E-state index in [0.717, 1.165) is 4.31 Å². The van der Waals surface area contributed by atoms with Gasteiger partial charge in [0.1, 0.15) is 12.4 Å². The quantitative estimate of drug-likeness (QED) is 0.392. The standard InChI is InChI=1S/C20H26ClN5O5S.ClH/c21-15-2-1-14-9-16(12-31-17(14)10-15)32(29,30)26-8-7-25(18(27)11-26)13-20(28)3-5-24(6-4-20)19(22)23;/h1-2,9-10,28H,3-8,11-13H2,(H3,22,23);1H. The first kappa shape index (κ1) is 25.6. The Morgan fingerprint density at radius 1 is 1.24 bits per heavy atom. The molecule has 33 heavy (non-hydrogen) atoms. The maximum Gasteiger partial charge on any atom is 0.243 e. The number of nitrogens with two attached hydrogens (primary N) is 1. The van der Waals surface area contributed by atoms with Crippen molar-refractivity contribution in [3.63, 3.8) is 0 Å². The smallest absolute Gasteiger partial charge is 0.243 e. The number of hydrogen-bond donors (Lipinski definition) is 3. The second-order valence-electron chi connectivity index (χ2n) is 8.33. The van der Waals surface area contributed by atoms with Crippen molar-refractivity contribution >= 4 is 52.0 Å². The number of likely N-dealkylation sites (tertiary alicyclic amines) is 1. The van der Waals surface area contributed by atoms with Crippen LogP contribution in [0.15, 0.2) is 23.1 Å². The molecule has 0 atom stereocenters. The topological polar surface area (TPSA) is 140 Å². The summed E-state index contributed by atoms with van der Waals surface area (Å²) in [6.45, 7) is 0.917. The molecule has 0 spiro atoms. The fourth-order valence-electron chi connectivity index (χ4n) is 4.17. The fourth-order valence-corrected chi connectivity index (χ4v) is 5.75. The summed E-state index contributed by atoms with van der Waals surface area (Å²) in [4.78, 5) is 16.0. The number of hydrogen-bond acceptors (Lipinski definition) is 6. The van der Waals surface area contributed by atoms with Gasteiger partial charge in [-0.25, -0.2) is 8.42 Å². The largest absolute Gasteiger partial charge is 0.487 e. The van der Waals surface area contributed by atoms with Crippen molar-refractivity contribution in [3.05, 3.63) is 33.7 Å². The maximum absolute atomic E-state index is 13.1. The van der Waals surface area contributed by atoms with Gasteiger partial charge in [-0.3, -0.25) is 10.2 Å². The maximum atomic E-state index is 13.1. The van der Waals surface area contributed by atoms with E-state index in [4.69, 9.17) is 27.5 Å². The van der Waals surface area contributed by atoms with Crippen LogP contribution < -0.4 is 10.5 Å². The highest BCUT2D eigenvalue weighted by Gasteiger charge is 2.40. The molecule has 3 aliphatic heterocycles. The summed E-state index contributed by atoms with van der Waals surface area (Å²) >= 11 is 5.95.